The fourth-order valence-electron chi connectivity index (χ4n) is 4.25. The van der Waals surface area contributed by atoms with Gasteiger partial charge in [-0.05, 0) is 47.9 Å². The van der Waals surface area contributed by atoms with Gasteiger partial charge in [0.05, 0.1) is 18.5 Å². The molecule has 1 fully saturated rings. The van der Waals surface area contributed by atoms with Gasteiger partial charge in [-0.2, -0.15) is 0 Å². The van der Waals surface area contributed by atoms with E-state index in [0.717, 1.165) is 30.8 Å². The number of amides is 1. The quantitative estimate of drug-likeness (QED) is 0.518. The van der Waals surface area contributed by atoms with Crippen LogP contribution in [0.15, 0.2) is 78.9 Å². The molecule has 178 valence electrons. The first-order valence-electron chi connectivity index (χ1n) is 11.5. The summed E-state index contributed by atoms with van der Waals surface area (Å²) in [6.07, 6.45) is 1.21. The van der Waals surface area contributed by atoms with Gasteiger partial charge in [-0.3, -0.25) is 14.0 Å². The Bertz CT molecular complexity index is 1220. The lowest BCUT2D eigenvalue weighted by molar-refractivity contribution is 0.0628. The van der Waals surface area contributed by atoms with Crippen molar-refractivity contribution in [2.45, 2.75) is 20.0 Å². The van der Waals surface area contributed by atoms with Crippen LogP contribution in [-0.4, -0.2) is 56.6 Å². The van der Waals surface area contributed by atoms with Crippen LogP contribution in [0.1, 0.15) is 27.0 Å². The highest BCUT2D eigenvalue weighted by molar-refractivity contribution is 7.92. The summed E-state index contributed by atoms with van der Waals surface area (Å²) in [5, 5.41) is 0. The van der Waals surface area contributed by atoms with Crippen molar-refractivity contribution in [2.75, 3.05) is 36.7 Å². The largest absolute Gasteiger partial charge is 0.336 e. The highest BCUT2D eigenvalue weighted by Crippen LogP contribution is 2.23. The average Bonchev–Trinajstić information content (AvgIpc) is 2.84. The van der Waals surface area contributed by atoms with Gasteiger partial charge in [-0.1, -0.05) is 54.6 Å². The Kier molecular flexibility index (Phi) is 7.34. The molecule has 6 nitrogen and oxygen atoms in total. The van der Waals surface area contributed by atoms with E-state index in [0.29, 0.717) is 24.3 Å². The second-order valence-corrected chi connectivity index (χ2v) is 10.7. The van der Waals surface area contributed by atoms with E-state index in [1.54, 1.807) is 24.3 Å². The molecule has 1 saturated heterocycles. The molecule has 0 aliphatic carbocycles. The number of aryl methyl sites for hydroxylation is 1. The molecule has 0 bridgehead atoms. The van der Waals surface area contributed by atoms with E-state index in [2.05, 4.69) is 17.0 Å². The smallest absolute Gasteiger partial charge is 0.253 e. The topological polar surface area (TPSA) is 60.9 Å². The van der Waals surface area contributed by atoms with Crippen LogP contribution in [0.25, 0.3) is 0 Å². The van der Waals surface area contributed by atoms with Crippen LogP contribution in [0.2, 0.25) is 0 Å². The fourth-order valence-corrected chi connectivity index (χ4v) is 5.12. The third-order valence-corrected chi connectivity index (χ3v) is 7.43. The molecule has 1 heterocycles. The molecule has 0 saturated carbocycles. The number of rotatable bonds is 7. The van der Waals surface area contributed by atoms with E-state index in [1.165, 1.54) is 16.1 Å². The molecule has 0 radical (unpaired) electrons. The molecule has 1 amide bonds. The summed E-state index contributed by atoms with van der Waals surface area (Å²) in [5.41, 5.74) is 4.38. The van der Waals surface area contributed by atoms with Crippen LogP contribution < -0.4 is 4.31 Å². The molecule has 0 atom stereocenters. The van der Waals surface area contributed by atoms with E-state index in [1.807, 2.05) is 54.3 Å². The number of benzene rings is 3. The molecule has 7 heteroatoms. The summed E-state index contributed by atoms with van der Waals surface area (Å²) in [6, 6.07) is 25.0. The number of sulfonamides is 1. The zero-order chi connectivity index (χ0) is 24.1. The number of hydrogen-bond acceptors (Lipinski definition) is 4. The number of carbonyl (C=O) groups excluding carboxylic acids is 1. The minimum Gasteiger partial charge on any atom is -0.336 e. The van der Waals surface area contributed by atoms with Crippen LogP contribution >= 0.6 is 0 Å². The van der Waals surface area contributed by atoms with E-state index < -0.39 is 10.0 Å². The number of piperazine rings is 1. The first-order chi connectivity index (χ1) is 16.3. The third kappa shape index (κ3) is 5.85. The Morgan fingerprint density at radius 1 is 0.853 bits per heavy atom. The number of hydrogen-bond donors (Lipinski definition) is 0. The van der Waals surface area contributed by atoms with Gasteiger partial charge in [0.1, 0.15) is 0 Å². The van der Waals surface area contributed by atoms with Crippen molar-refractivity contribution in [1.29, 1.82) is 0 Å². The lowest BCUT2D eigenvalue weighted by Crippen LogP contribution is -2.48. The Morgan fingerprint density at radius 2 is 1.47 bits per heavy atom. The summed E-state index contributed by atoms with van der Waals surface area (Å²) in [6.45, 7) is 6.12. The summed E-state index contributed by atoms with van der Waals surface area (Å²) < 4.78 is 26.4. The van der Waals surface area contributed by atoms with E-state index in [9.17, 15) is 13.2 Å². The van der Waals surface area contributed by atoms with Gasteiger partial charge >= 0.3 is 0 Å². The van der Waals surface area contributed by atoms with Gasteiger partial charge in [0, 0.05) is 38.3 Å². The van der Waals surface area contributed by atoms with E-state index in [4.69, 9.17) is 0 Å². The van der Waals surface area contributed by atoms with Crippen LogP contribution in [0.4, 0.5) is 5.69 Å². The van der Waals surface area contributed by atoms with E-state index >= 15 is 0 Å². The minimum atomic E-state index is -3.49. The normalized spacial score (nSPS) is 14.7. The summed E-state index contributed by atoms with van der Waals surface area (Å²) in [5.74, 6) is -0.0179. The van der Waals surface area contributed by atoms with Gasteiger partial charge in [0.2, 0.25) is 10.0 Å². The zero-order valence-electron chi connectivity index (χ0n) is 19.7. The van der Waals surface area contributed by atoms with Crippen molar-refractivity contribution >= 4 is 21.6 Å². The first kappa shape index (κ1) is 24.0. The minimum absolute atomic E-state index is 0.0179. The lowest BCUT2D eigenvalue weighted by Gasteiger charge is -2.35. The van der Waals surface area contributed by atoms with Crippen molar-refractivity contribution in [3.8, 4) is 0 Å². The van der Waals surface area contributed by atoms with Crippen molar-refractivity contribution in [2.24, 2.45) is 0 Å². The van der Waals surface area contributed by atoms with Gasteiger partial charge in [0.25, 0.3) is 5.91 Å². The van der Waals surface area contributed by atoms with Crippen molar-refractivity contribution in [3.05, 3.63) is 101 Å². The highest BCUT2D eigenvalue weighted by atomic mass is 32.2. The fraction of sp³-hybridized carbons (Fsp3) is 0.296. The summed E-state index contributed by atoms with van der Waals surface area (Å²) >= 11 is 0. The summed E-state index contributed by atoms with van der Waals surface area (Å²) in [4.78, 5) is 17.3. The van der Waals surface area contributed by atoms with Crippen molar-refractivity contribution in [1.82, 2.24) is 9.80 Å². The molecule has 3 aromatic carbocycles. The maximum absolute atomic E-state index is 13.1. The number of anilines is 1. The van der Waals surface area contributed by atoms with Gasteiger partial charge in [0.15, 0.2) is 0 Å². The van der Waals surface area contributed by atoms with Gasteiger partial charge in [-0.15, -0.1) is 0 Å². The number of nitrogens with zero attached hydrogens (tertiary/aromatic N) is 3. The van der Waals surface area contributed by atoms with Crippen LogP contribution in [0.3, 0.4) is 0 Å². The summed E-state index contributed by atoms with van der Waals surface area (Å²) in [7, 11) is -3.49. The van der Waals surface area contributed by atoms with Gasteiger partial charge < -0.3 is 4.90 Å². The highest BCUT2D eigenvalue weighted by Gasteiger charge is 2.23. The maximum atomic E-state index is 13.1. The molecular weight excluding hydrogens is 446 g/mol. The van der Waals surface area contributed by atoms with Crippen molar-refractivity contribution < 1.29 is 13.2 Å². The Morgan fingerprint density at radius 3 is 2.09 bits per heavy atom. The maximum Gasteiger partial charge on any atom is 0.253 e. The zero-order valence-corrected chi connectivity index (χ0v) is 20.5. The lowest BCUT2D eigenvalue weighted by atomic mass is 10.1. The molecule has 4 rings (SSSR count). The SMILES string of the molecule is Cc1ccccc1CN(c1ccc(C(=O)N2CCN(Cc3ccccc3)CC2)cc1)S(C)(=O)=O. The Balaban J connectivity index is 1.41. The van der Waals surface area contributed by atoms with Crippen LogP contribution in [-0.2, 0) is 23.1 Å². The predicted octanol–water partition coefficient (Wildman–Crippen LogP) is 3.92. The molecule has 0 spiro atoms. The van der Waals surface area contributed by atoms with Crippen LogP contribution in [0, 0.1) is 6.92 Å². The predicted molar refractivity (Wildman–Crippen MR) is 136 cm³/mol. The van der Waals surface area contributed by atoms with Crippen LogP contribution in [0.5, 0.6) is 0 Å². The molecular formula is C27H31N3O3S. The monoisotopic (exact) mass is 477 g/mol. The average molecular weight is 478 g/mol. The van der Waals surface area contributed by atoms with Gasteiger partial charge in [-0.25, -0.2) is 8.42 Å². The number of carbonyl (C=O) groups is 1. The first-order valence-corrected chi connectivity index (χ1v) is 13.3. The van der Waals surface area contributed by atoms with Crippen molar-refractivity contribution in [3.63, 3.8) is 0 Å². The molecule has 34 heavy (non-hydrogen) atoms. The molecule has 3 aromatic rings. The third-order valence-electron chi connectivity index (χ3n) is 6.29. The second-order valence-electron chi connectivity index (χ2n) is 8.80. The molecule has 0 N–H and O–H groups in total. The Hall–Kier alpha value is -3.16. The van der Waals surface area contributed by atoms with E-state index in [-0.39, 0.29) is 12.5 Å². The molecule has 0 unspecified atom stereocenters. The molecule has 1 aliphatic heterocycles. The molecule has 1 aliphatic rings. The Labute approximate surface area is 202 Å². The second kappa shape index (κ2) is 10.4. The standard InChI is InChI=1S/C27H31N3O3S/c1-22-8-6-7-11-25(22)21-30(34(2,32)33)26-14-12-24(13-15-26)27(31)29-18-16-28(17-19-29)20-23-9-4-3-5-10-23/h3-15H,16-21H2,1-2H3. The molecule has 0 aromatic heterocycles.